The van der Waals surface area contributed by atoms with Crippen LogP contribution in [-0.2, 0) is 13.1 Å². The number of rotatable bonds is 7. The van der Waals surface area contributed by atoms with Gasteiger partial charge in [0.05, 0.1) is 6.33 Å². The van der Waals surface area contributed by atoms with Crippen LogP contribution in [0.1, 0.15) is 18.4 Å². The summed E-state index contributed by atoms with van der Waals surface area (Å²) in [7, 11) is 0. The van der Waals surface area contributed by atoms with E-state index in [0.717, 1.165) is 32.5 Å². The summed E-state index contributed by atoms with van der Waals surface area (Å²) >= 11 is 0. The molecule has 0 unspecified atom stereocenters. The van der Waals surface area contributed by atoms with Crippen molar-refractivity contribution in [2.24, 2.45) is 0 Å². The molecule has 0 atom stereocenters. The molecule has 0 aliphatic rings. The molecule has 0 aliphatic carbocycles. The Morgan fingerprint density at radius 3 is 2.72 bits per heavy atom. The second-order valence-corrected chi connectivity index (χ2v) is 4.35. The molecule has 1 heterocycles. The van der Waals surface area contributed by atoms with Gasteiger partial charge in [0.1, 0.15) is 5.75 Å². The van der Waals surface area contributed by atoms with Gasteiger partial charge in [-0.1, -0.05) is 12.1 Å². The van der Waals surface area contributed by atoms with Gasteiger partial charge >= 0.3 is 0 Å². The minimum absolute atomic E-state index is 0.319. The SMILES string of the molecule is Oc1ccc(CNCCCCn2ccnc2)cc1. The van der Waals surface area contributed by atoms with Crippen LogP contribution in [0.25, 0.3) is 0 Å². The fourth-order valence-corrected chi connectivity index (χ4v) is 1.81. The van der Waals surface area contributed by atoms with Gasteiger partial charge in [0, 0.05) is 25.5 Å². The van der Waals surface area contributed by atoms with Crippen LogP contribution in [-0.4, -0.2) is 21.2 Å². The minimum atomic E-state index is 0.319. The highest BCUT2D eigenvalue weighted by molar-refractivity contribution is 5.25. The number of aryl methyl sites for hydroxylation is 1. The fraction of sp³-hybridized carbons (Fsp3) is 0.357. The maximum atomic E-state index is 9.16. The maximum Gasteiger partial charge on any atom is 0.115 e. The molecule has 2 N–H and O–H groups in total. The molecule has 96 valence electrons. The topological polar surface area (TPSA) is 50.1 Å². The molecule has 2 aromatic rings. The molecule has 1 aromatic heterocycles. The lowest BCUT2D eigenvalue weighted by Crippen LogP contribution is -2.15. The molecule has 0 amide bonds. The molecular formula is C14H19N3O. The quantitative estimate of drug-likeness (QED) is 0.735. The third-order valence-corrected chi connectivity index (χ3v) is 2.84. The molecular weight excluding hydrogens is 226 g/mol. The van der Waals surface area contributed by atoms with Crippen molar-refractivity contribution in [1.82, 2.24) is 14.9 Å². The third kappa shape index (κ3) is 4.22. The van der Waals surface area contributed by atoms with E-state index in [-0.39, 0.29) is 0 Å². The molecule has 0 spiro atoms. The molecule has 0 fully saturated rings. The lowest BCUT2D eigenvalue weighted by Gasteiger charge is -2.05. The van der Waals surface area contributed by atoms with Crippen LogP contribution in [0.3, 0.4) is 0 Å². The van der Waals surface area contributed by atoms with E-state index in [0.29, 0.717) is 5.75 Å². The number of hydrogen-bond donors (Lipinski definition) is 2. The molecule has 0 radical (unpaired) electrons. The van der Waals surface area contributed by atoms with E-state index in [4.69, 9.17) is 5.11 Å². The van der Waals surface area contributed by atoms with Gasteiger partial charge in [-0.25, -0.2) is 4.98 Å². The van der Waals surface area contributed by atoms with Gasteiger partial charge < -0.3 is 15.0 Å². The van der Waals surface area contributed by atoms with Crippen LogP contribution in [0.5, 0.6) is 5.75 Å². The van der Waals surface area contributed by atoms with Crippen molar-refractivity contribution in [1.29, 1.82) is 0 Å². The first-order valence-corrected chi connectivity index (χ1v) is 6.29. The summed E-state index contributed by atoms with van der Waals surface area (Å²) in [5.41, 5.74) is 1.20. The highest BCUT2D eigenvalue weighted by Crippen LogP contribution is 2.09. The molecule has 4 heteroatoms. The van der Waals surface area contributed by atoms with Crippen LogP contribution >= 0.6 is 0 Å². The van der Waals surface area contributed by atoms with E-state index >= 15 is 0 Å². The van der Waals surface area contributed by atoms with E-state index in [9.17, 15) is 0 Å². The first kappa shape index (κ1) is 12.6. The second kappa shape index (κ2) is 6.81. The second-order valence-electron chi connectivity index (χ2n) is 4.35. The number of phenolic OH excluding ortho intramolecular Hbond substituents is 1. The smallest absolute Gasteiger partial charge is 0.115 e. The summed E-state index contributed by atoms with van der Waals surface area (Å²) < 4.78 is 2.10. The van der Waals surface area contributed by atoms with Gasteiger partial charge in [-0.05, 0) is 37.1 Å². The summed E-state index contributed by atoms with van der Waals surface area (Å²) in [5.74, 6) is 0.319. The molecule has 0 saturated heterocycles. The van der Waals surface area contributed by atoms with Crippen molar-refractivity contribution in [3.8, 4) is 5.75 Å². The number of hydrogen-bond acceptors (Lipinski definition) is 3. The predicted molar refractivity (Wildman–Crippen MR) is 71.3 cm³/mol. The summed E-state index contributed by atoms with van der Waals surface area (Å²) in [6.07, 6.45) is 7.95. The Morgan fingerprint density at radius 1 is 1.17 bits per heavy atom. The van der Waals surface area contributed by atoms with Crippen molar-refractivity contribution in [3.63, 3.8) is 0 Å². The Bertz CT molecular complexity index is 437. The normalized spacial score (nSPS) is 10.7. The van der Waals surface area contributed by atoms with Crippen LogP contribution in [0.4, 0.5) is 0 Å². The highest BCUT2D eigenvalue weighted by atomic mass is 16.3. The van der Waals surface area contributed by atoms with E-state index in [1.807, 2.05) is 30.9 Å². The Balaban J connectivity index is 1.55. The first-order valence-electron chi connectivity index (χ1n) is 6.29. The average Bonchev–Trinajstić information content (AvgIpc) is 2.89. The van der Waals surface area contributed by atoms with Crippen LogP contribution < -0.4 is 5.32 Å². The molecule has 0 aliphatic heterocycles. The predicted octanol–water partition coefficient (Wildman–Crippen LogP) is 2.16. The van der Waals surface area contributed by atoms with Gasteiger partial charge in [0.15, 0.2) is 0 Å². The minimum Gasteiger partial charge on any atom is -0.508 e. The lowest BCUT2D eigenvalue weighted by atomic mass is 10.2. The Kier molecular flexibility index (Phi) is 4.78. The van der Waals surface area contributed by atoms with Crippen LogP contribution in [0.2, 0.25) is 0 Å². The van der Waals surface area contributed by atoms with Gasteiger partial charge in [-0.2, -0.15) is 0 Å². The Labute approximate surface area is 107 Å². The first-order chi connectivity index (χ1) is 8.84. The van der Waals surface area contributed by atoms with Crippen molar-refractivity contribution >= 4 is 0 Å². The highest BCUT2D eigenvalue weighted by Gasteiger charge is 1.94. The number of unbranched alkanes of at least 4 members (excludes halogenated alkanes) is 1. The van der Waals surface area contributed by atoms with E-state index < -0.39 is 0 Å². The molecule has 2 rings (SSSR count). The molecule has 18 heavy (non-hydrogen) atoms. The van der Waals surface area contributed by atoms with Crippen molar-refractivity contribution in [3.05, 3.63) is 48.5 Å². The zero-order valence-electron chi connectivity index (χ0n) is 10.4. The number of nitrogens with one attached hydrogen (secondary N) is 1. The van der Waals surface area contributed by atoms with Gasteiger partial charge in [0.2, 0.25) is 0 Å². The van der Waals surface area contributed by atoms with E-state index in [2.05, 4.69) is 14.9 Å². The summed E-state index contributed by atoms with van der Waals surface area (Å²) in [6.45, 7) is 2.89. The fourth-order valence-electron chi connectivity index (χ4n) is 1.81. The molecule has 1 aromatic carbocycles. The maximum absolute atomic E-state index is 9.16. The van der Waals surface area contributed by atoms with Gasteiger partial charge in [-0.15, -0.1) is 0 Å². The van der Waals surface area contributed by atoms with Crippen LogP contribution in [0.15, 0.2) is 43.0 Å². The van der Waals surface area contributed by atoms with E-state index in [1.165, 1.54) is 5.56 Å². The summed E-state index contributed by atoms with van der Waals surface area (Å²) in [6, 6.07) is 7.31. The Morgan fingerprint density at radius 2 is 2.00 bits per heavy atom. The molecule has 0 saturated carbocycles. The lowest BCUT2D eigenvalue weighted by molar-refractivity contribution is 0.475. The van der Waals surface area contributed by atoms with Crippen molar-refractivity contribution in [2.75, 3.05) is 6.54 Å². The van der Waals surface area contributed by atoms with Crippen molar-refractivity contribution in [2.45, 2.75) is 25.9 Å². The molecule has 0 bridgehead atoms. The summed E-state index contributed by atoms with van der Waals surface area (Å²) in [5, 5.41) is 12.6. The zero-order chi connectivity index (χ0) is 12.6. The number of imidazole rings is 1. The molecule has 4 nitrogen and oxygen atoms in total. The zero-order valence-corrected chi connectivity index (χ0v) is 10.4. The standard InChI is InChI=1S/C14H19N3O/c18-14-5-3-13(4-6-14)11-15-7-1-2-9-17-10-8-16-12-17/h3-6,8,10,12,15,18H,1-2,7,9,11H2. The van der Waals surface area contributed by atoms with E-state index in [1.54, 1.807) is 12.1 Å². The largest absolute Gasteiger partial charge is 0.508 e. The monoisotopic (exact) mass is 245 g/mol. The van der Waals surface area contributed by atoms with Crippen molar-refractivity contribution < 1.29 is 5.11 Å². The number of benzene rings is 1. The van der Waals surface area contributed by atoms with Gasteiger partial charge in [0.25, 0.3) is 0 Å². The number of aromatic nitrogens is 2. The third-order valence-electron chi connectivity index (χ3n) is 2.84. The summed E-state index contributed by atoms with van der Waals surface area (Å²) in [4.78, 5) is 4.01. The van der Waals surface area contributed by atoms with Gasteiger partial charge in [-0.3, -0.25) is 0 Å². The Hall–Kier alpha value is -1.81. The number of phenols is 1. The number of aromatic hydroxyl groups is 1. The average molecular weight is 245 g/mol. The number of nitrogens with zero attached hydrogens (tertiary/aromatic N) is 2. The van der Waals surface area contributed by atoms with Crippen LogP contribution in [0, 0.1) is 0 Å².